The largest absolute Gasteiger partial charge is 0.326 e. The lowest BCUT2D eigenvalue weighted by atomic mass is 10.0. The second kappa shape index (κ2) is 6.77. The lowest BCUT2D eigenvalue weighted by Crippen LogP contribution is -2.30. The molecule has 96 valence electrons. The summed E-state index contributed by atoms with van der Waals surface area (Å²) in [6.45, 7) is 8.46. The predicted octanol–water partition coefficient (Wildman–Crippen LogP) is 3.01. The molecule has 2 nitrogen and oxygen atoms in total. The molecule has 0 saturated heterocycles. The molecule has 1 unspecified atom stereocenters. The third-order valence-corrected chi connectivity index (χ3v) is 3.32. The Morgan fingerprint density at radius 3 is 2.24 bits per heavy atom. The van der Waals surface area contributed by atoms with Gasteiger partial charge in [-0.15, -0.1) is 0 Å². The number of hydrogen-bond donors (Lipinski definition) is 1. The molecule has 2 heteroatoms. The maximum absolute atomic E-state index is 5.76. The van der Waals surface area contributed by atoms with Gasteiger partial charge in [-0.3, -0.25) is 4.90 Å². The molecule has 2 N–H and O–H groups in total. The molecular weight excluding hydrogens is 208 g/mol. The molecule has 0 bridgehead atoms. The third-order valence-electron chi connectivity index (χ3n) is 3.32. The van der Waals surface area contributed by atoms with Gasteiger partial charge in [0.05, 0.1) is 0 Å². The van der Waals surface area contributed by atoms with Crippen molar-refractivity contribution in [2.75, 3.05) is 7.05 Å². The first kappa shape index (κ1) is 14.2. The van der Waals surface area contributed by atoms with E-state index in [0.29, 0.717) is 12.6 Å². The highest BCUT2D eigenvalue weighted by molar-refractivity contribution is 5.26. The number of nitrogens with two attached hydrogens (primary N) is 1. The van der Waals surface area contributed by atoms with Crippen molar-refractivity contribution in [3.8, 4) is 0 Å². The fourth-order valence-electron chi connectivity index (χ4n) is 2.20. The molecular formula is C15H26N2. The summed E-state index contributed by atoms with van der Waals surface area (Å²) in [6, 6.07) is 9.07. The van der Waals surface area contributed by atoms with Gasteiger partial charge in [-0.2, -0.15) is 0 Å². The van der Waals surface area contributed by atoms with Crippen LogP contribution in [-0.2, 0) is 13.1 Å². The third kappa shape index (κ3) is 4.49. The Morgan fingerprint density at radius 1 is 1.12 bits per heavy atom. The monoisotopic (exact) mass is 234 g/mol. The molecule has 0 fully saturated rings. The Kier molecular flexibility index (Phi) is 5.66. The highest BCUT2D eigenvalue weighted by atomic mass is 15.1. The van der Waals surface area contributed by atoms with Crippen molar-refractivity contribution in [1.82, 2.24) is 4.90 Å². The summed E-state index contributed by atoms with van der Waals surface area (Å²) in [7, 11) is 2.19. The van der Waals surface area contributed by atoms with Crippen LogP contribution in [0.2, 0.25) is 0 Å². The van der Waals surface area contributed by atoms with E-state index < -0.39 is 0 Å². The van der Waals surface area contributed by atoms with E-state index in [1.54, 1.807) is 0 Å². The quantitative estimate of drug-likeness (QED) is 0.820. The first-order valence-corrected chi connectivity index (χ1v) is 6.51. The lowest BCUT2D eigenvalue weighted by Gasteiger charge is -2.27. The predicted molar refractivity (Wildman–Crippen MR) is 74.7 cm³/mol. The zero-order chi connectivity index (χ0) is 12.8. The van der Waals surface area contributed by atoms with Crippen LogP contribution in [0.15, 0.2) is 24.3 Å². The Morgan fingerprint density at radius 2 is 1.71 bits per heavy atom. The highest BCUT2D eigenvalue weighted by Crippen LogP contribution is 2.15. The van der Waals surface area contributed by atoms with Crippen LogP contribution in [0.25, 0.3) is 0 Å². The van der Waals surface area contributed by atoms with E-state index >= 15 is 0 Å². The van der Waals surface area contributed by atoms with Gasteiger partial charge in [0, 0.05) is 19.1 Å². The molecule has 1 aromatic rings. The molecule has 0 spiro atoms. The van der Waals surface area contributed by atoms with Crippen molar-refractivity contribution >= 4 is 0 Å². The minimum atomic E-state index is 0.612. The van der Waals surface area contributed by atoms with E-state index in [-0.39, 0.29) is 0 Å². The molecule has 0 radical (unpaired) electrons. The van der Waals surface area contributed by atoms with Gasteiger partial charge in [0.2, 0.25) is 0 Å². The molecule has 0 amide bonds. The Bertz CT molecular complexity index is 333. The van der Waals surface area contributed by atoms with Crippen LogP contribution in [-0.4, -0.2) is 18.0 Å². The molecule has 0 aliphatic heterocycles. The van der Waals surface area contributed by atoms with Crippen LogP contribution < -0.4 is 5.73 Å². The minimum Gasteiger partial charge on any atom is -0.326 e. The first-order chi connectivity index (χ1) is 8.04. The SMILES string of the molecule is CC(C)CC(C)N(C)Cc1ccccc1CN. The molecule has 0 saturated carbocycles. The zero-order valence-corrected chi connectivity index (χ0v) is 11.6. The Labute approximate surface area is 106 Å². The molecule has 1 rings (SSSR count). The average Bonchev–Trinajstić information content (AvgIpc) is 2.28. The van der Waals surface area contributed by atoms with Crippen molar-refractivity contribution in [2.24, 2.45) is 11.7 Å². The maximum Gasteiger partial charge on any atom is 0.0236 e. The smallest absolute Gasteiger partial charge is 0.0236 e. The van der Waals surface area contributed by atoms with Gasteiger partial charge in [0.25, 0.3) is 0 Å². The molecule has 0 heterocycles. The van der Waals surface area contributed by atoms with Crippen LogP contribution in [0, 0.1) is 5.92 Å². The van der Waals surface area contributed by atoms with Gasteiger partial charge < -0.3 is 5.73 Å². The van der Waals surface area contributed by atoms with Crippen LogP contribution in [0.4, 0.5) is 0 Å². The normalized spacial score (nSPS) is 13.4. The number of rotatable bonds is 6. The van der Waals surface area contributed by atoms with E-state index in [4.69, 9.17) is 5.73 Å². The van der Waals surface area contributed by atoms with Crippen LogP contribution >= 0.6 is 0 Å². The van der Waals surface area contributed by atoms with Gasteiger partial charge in [-0.25, -0.2) is 0 Å². The van der Waals surface area contributed by atoms with E-state index in [1.165, 1.54) is 17.5 Å². The van der Waals surface area contributed by atoms with E-state index in [1.807, 2.05) is 0 Å². The zero-order valence-electron chi connectivity index (χ0n) is 11.6. The second-order valence-corrected chi connectivity index (χ2v) is 5.37. The van der Waals surface area contributed by atoms with Gasteiger partial charge in [-0.05, 0) is 37.4 Å². The minimum absolute atomic E-state index is 0.612. The first-order valence-electron chi connectivity index (χ1n) is 6.51. The Balaban J connectivity index is 2.63. The van der Waals surface area contributed by atoms with Crippen molar-refractivity contribution in [2.45, 2.75) is 46.3 Å². The number of benzene rings is 1. The second-order valence-electron chi connectivity index (χ2n) is 5.37. The van der Waals surface area contributed by atoms with Crippen molar-refractivity contribution in [1.29, 1.82) is 0 Å². The van der Waals surface area contributed by atoms with Crippen molar-refractivity contribution in [3.05, 3.63) is 35.4 Å². The Hall–Kier alpha value is -0.860. The van der Waals surface area contributed by atoms with E-state index in [2.05, 4.69) is 57.0 Å². The van der Waals surface area contributed by atoms with Gasteiger partial charge >= 0.3 is 0 Å². The topological polar surface area (TPSA) is 29.3 Å². The van der Waals surface area contributed by atoms with E-state index in [9.17, 15) is 0 Å². The lowest BCUT2D eigenvalue weighted by molar-refractivity contribution is 0.220. The van der Waals surface area contributed by atoms with Crippen molar-refractivity contribution < 1.29 is 0 Å². The number of nitrogens with zero attached hydrogens (tertiary/aromatic N) is 1. The molecule has 17 heavy (non-hydrogen) atoms. The van der Waals surface area contributed by atoms with Gasteiger partial charge in [0.15, 0.2) is 0 Å². The van der Waals surface area contributed by atoms with Crippen LogP contribution in [0.5, 0.6) is 0 Å². The van der Waals surface area contributed by atoms with Crippen LogP contribution in [0.1, 0.15) is 38.3 Å². The molecule has 1 aromatic carbocycles. The van der Waals surface area contributed by atoms with Crippen LogP contribution in [0.3, 0.4) is 0 Å². The summed E-state index contributed by atoms with van der Waals surface area (Å²) >= 11 is 0. The summed E-state index contributed by atoms with van der Waals surface area (Å²) in [5.41, 5.74) is 8.38. The van der Waals surface area contributed by atoms with E-state index in [0.717, 1.165) is 12.5 Å². The standard InChI is InChI=1S/C15H26N2/c1-12(2)9-13(3)17(4)11-15-8-6-5-7-14(15)10-16/h5-8,12-13H,9-11,16H2,1-4H3. The van der Waals surface area contributed by atoms with Gasteiger partial charge in [-0.1, -0.05) is 38.1 Å². The molecule has 0 aliphatic rings. The highest BCUT2D eigenvalue weighted by Gasteiger charge is 2.12. The maximum atomic E-state index is 5.76. The summed E-state index contributed by atoms with van der Waals surface area (Å²) in [6.07, 6.45) is 1.24. The summed E-state index contributed by atoms with van der Waals surface area (Å²) in [5, 5.41) is 0. The average molecular weight is 234 g/mol. The van der Waals surface area contributed by atoms with Gasteiger partial charge in [0.1, 0.15) is 0 Å². The molecule has 0 aromatic heterocycles. The fourth-order valence-corrected chi connectivity index (χ4v) is 2.20. The summed E-state index contributed by atoms with van der Waals surface area (Å²) in [5.74, 6) is 0.747. The van der Waals surface area contributed by atoms with Crippen molar-refractivity contribution in [3.63, 3.8) is 0 Å². The summed E-state index contributed by atoms with van der Waals surface area (Å²) in [4.78, 5) is 2.41. The number of hydrogen-bond acceptors (Lipinski definition) is 2. The fraction of sp³-hybridized carbons (Fsp3) is 0.600. The molecule has 1 atom stereocenters. The summed E-state index contributed by atoms with van der Waals surface area (Å²) < 4.78 is 0. The molecule has 0 aliphatic carbocycles.